The van der Waals surface area contributed by atoms with Crippen molar-refractivity contribution in [3.05, 3.63) is 129 Å². The van der Waals surface area contributed by atoms with Crippen molar-refractivity contribution >= 4 is 62.3 Å². The van der Waals surface area contributed by atoms with Crippen LogP contribution < -0.4 is 9.62 Å². The number of rotatable bonds is 14. The van der Waals surface area contributed by atoms with Crippen molar-refractivity contribution in [2.45, 2.75) is 49.8 Å². The number of nitrogens with zero attached hydrogens (tertiary/aromatic N) is 2. The Labute approximate surface area is 298 Å². The minimum absolute atomic E-state index is 0.0433. The number of alkyl halides is 3. The maximum atomic E-state index is 14.5. The van der Waals surface area contributed by atoms with Gasteiger partial charge in [-0.25, -0.2) is 8.42 Å². The number of nitrogens with one attached hydrogen (secondary N) is 1. The molecular formula is C35H33Cl3F3N3O4S. The summed E-state index contributed by atoms with van der Waals surface area (Å²) in [6.45, 7) is 1.06. The number of hydrogen-bond donors (Lipinski definition) is 1. The molecule has 0 heterocycles. The van der Waals surface area contributed by atoms with E-state index < -0.39 is 51.9 Å². The van der Waals surface area contributed by atoms with Crippen LogP contribution in [0, 0.1) is 0 Å². The normalized spacial score (nSPS) is 12.3. The molecule has 14 heteroatoms. The SMILES string of the molecule is CCCCNC(=O)C(Cc1ccccc1)N(Cc1ccc(Cl)c(Cl)c1)C(=O)CN(c1cc(C(F)(F)F)ccc1Cl)S(=O)(=O)c1ccccc1. The molecule has 0 saturated carbocycles. The van der Waals surface area contributed by atoms with Gasteiger partial charge in [0.25, 0.3) is 10.0 Å². The number of hydrogen-bond acceptors (Lipinski definition) is 4. The second-order valence-corrected chi connectivity index (χ2v) is 14.2. The Balaban J connectivity index is 1.87. The van der Waals surface area contributed by atoms with Crippen LogP contribution in [-0.4, -0.2) is 44.3 Å². The van der Waals surface area contributed by atoms with E-state index in [9.17, 15) is 31.2 Å². The molecular weight excluding hydrogens is 722 g/mol. The Morgan fingerprint density at radius 2 is 1.45 bits per heavy atom. The van der Waals surface area contributed by atoms with Crippen molar-refractivity contribution in [2.24, 2.45) is 0 Å². The summed E-state index contributed by atoms with van der Waals surface area (Å²) in [6, 6.07) is 21.5. The van der Waals surface area contributed by atoms with E-state index in [0.717, 1.165) is 12.5 Å². The highest BCUT2D eigenvalue weighted by Gasteiger charge is 2.37. The van der Waals surface area contributed by atoms with Crippen molar-refractivity contribution in [3.8, 4) is 0 Å². The molecule has 4 rings (SSSR count). The van der Waals surface area contributed by atoms with E-state index in [1.165, 1.54) is 41.3 Å². The molecule has 2 amide bonds. The van der Waals surface area contributed by atoms with Crippen LogP contribution in [0.3, 0.4) is 0 Å². The number of amides is 2. The quantitative estimate of drug-likeness (QED) is 0.131. The fourth-order valence-corrected chi connectivity index (χ4v) is 7.04. The third-order valence-corrected chi connectivity index (χ3v) is 10.4. The fourth-order valence-electron chi connectivity index (χ4n) is 5.01. The summed E-state index contributed by atoms with van der Waals surface area (Å²) in [5, 5.41) is 2.96. The van der Waals surface area contributed by atoms with Gasteiger partial charge in [-0.1, -0.05) is 103 Å². The first-order valence-corrected chi connectivity index (χ1v) is 17.8. The topological polar surface area (TPSA) is 86.8 Å². The molecule has 0 spiro atoms. The predicted molar refractivity (Wildman–Crippen MR) is 186 cm³/mol. The van der Waals surface area contributed by atoms with E-state index >= 15 is 0 Å². The highest BCUT2D eigenvalue weighted by Crippen LogP contribution is 2.37. The Morgan fingerprint density at radius 1 is 0.816 bits per heavy atom. The van der Waals surface area contributed by atoms with Gasteiger partial charge in [-0.3, -0.25) is 13.9 Å². The van der Waals surface area contributed by atoms with Crippen LogP contribution in [-0.2, 0) is 38.8 Å². The Bertz CT molecular complexity index is 1860. The van der Waals surface area contributed by atoms with Gasteiger partial charge < -0.3 is 10.2 Å². The van der Waals surface area contributed by atoms with E-state index in [0.29, 0.717) is 40.5 Å². The standard InChI is InChI=1S/C35H33Cl3F3N3O4S/c1-2-3-18-42-34(46)32(20-24-10-6-4-7-11-24)43(22-25-14-16-28(36)30(38)19-25)33(45)23-44(49(47,48)27-12-8-5-9-13-27)31-21-26(35(39,40)41)15-17-29(31)37/h4-17,19,21,32H,2-3,18,20,22-23H2,1H3,(H,42,46). The summed E-state index contributed by atoms with van der Waals surface area (Å²) in [7, 11) is -4.68. The summed E-state index contributed by atoms with van der Waals surface area (Å²) in [6.07, 6.45) is -3.34. The zero-order chi connectivity index (χ0) is 35.8. The Morgan fingerprint density at radius 3 is 2.06 bits per heavy atom. The van der Waals surface area contributed by atoms with Gasteiger partial charge in [0, 0.05) is 19.5 Å². The van der Waals surface area contributed by atoms with Gasteiger partial charge in [-0.15, -0.1) is 0 Å². The van der Waals surface area contributed by atoms with Crippen molar-refractivity contribution in [2.75, 3.05) is 17.4 Å². The van der Waals surface area contributed by atoms with Gasteiger partial charge >= 0.3 is 6.18 Å². The third-order valence-electron chi connectivity index (χ3n) is 7.59. The fraction of sp³-hybridized carbons (Fsp3) is 0.257. The van der Waals surface area contributed by atoms with E-state index in [4.69, 9.17) is 34.8 Å². The first-order valence-electron chi connectivity index (χ1n) is 15.2. The molecule has 49 heavy (non-hydrogen) atoms. The van der Waals surface area contributed by atoms with Crippen LogP contribution >= 0.6 is 34.8 Å². The number of halogens is 6. The highest BCUT2D eigenvalue weighted by molar-refractivity contribution is 7.92. The number of anilines is 1. The van der Waals surface area contributed by atoms with Gasteiger partial charge in [0.15, 0.2) is 0 Å². The molecule has 1 unspecified atom stereocenters. The molecule has 0 aromatic heterocycles. The van der Waals surface area contributed by atoms with Crippen LogP contribution in [0.5, 0.6) is 0 Å². The molecule has 260 valence electrons. The molecule has 0 saturated heterocycles. The minimum atomic E-state index is -4.84. The largest absolute Gasteiger partial charge is 0.416 e. The monoisotopic (exact) mass is 753 g/mol. The van der Waals surface area contributed by atoms with Crippen molar-refractivity contribution in [3.63, 3.8) is 0 Å². The second-order valence-electron chi connectivity index (χ2n) is 11.1. The lowest BCUT2D eigenvalue weighted by Crippen LogP contribution is -2.53. The molecule has 1 N–H and O–H groups in total. The molecule has 4 aromatic carbocycles. The molecule has 0 aliphatic rings. The number of carbonyl (C=O) groups is 2. The molecule has 0 aliphatic carbocycles. The lowest BCUT2D eigenvalue weighted by molar-refractivity contribution is -0.140. The molecule has 0 radical (unpaired) electrons. The number of unbranched alkanes of at least 4 members (excludes halogenated alkanes) is 1. The third kappa shape index (κ3) is 9.91. The molecule has 0 fully saturated rings. The van der Waals surface area contributed by atoms with E-state index in [-0.39, 0.29) is 32.9 Å². The number of benzene rings is 4. The smallest absolute Gasteiger partial charge is 0.354 e. The summed E-state index contributed by atoms with van der Waals surface area (Å²) in [5.74, 6) is -1.38. The van der Waals surface area contributed by atoms with Crippen molar-refractivity contribution in [1.29, 1.82) is 0 Å². The van der Waals surface area contributed by atoms with Crippen LogP contribution in [0.25, 0.3) is 0 Å². The van der Waals surface area contributed by atoms with Gasteiger partial charge in [-0.2, -0.15) is 13.2 Å². The van der Waals surface area contributed by atoms with Gasteiger partial charge in [0.1, 0.15) is 12.6 Å². The first-order chi connectivity index (χ1) is 23.2. The zero-order valence-corrected chi connectivity index (χ0v) is 29.3. The lowest BCUT2D eigenvalue weighted by atomic mass is 10.0. The summed E-state index contributed by atoms with van der Waals surface area (Å²) < 4.78 is 70.3. The van der Waals surface area contributed by atoms with Gasteiger partial charge in [0.2, 0.25) is 11.8 Å². The van der Waals surface area contributed by atoms with E-state index in [1.807, 2.05) is 6.92 Å². The predicted octanol–water partition coefficient (Wildman–Crippen LogP) is 8.42. The Hall–Kier alpha value is -3.77. The Kier molecular flexibility index (Phi) is 13.0. The molecule has 7 nitrogen and oxygen atoms in total. The number of sulfonamides is 1. The summed E-state index contributed by atoms with van der Waals surface area (Å²) >= 11 is 18.8. The molecule has 1 atom stereocenters. The lowest BCUT2D eigenvalue weighted by Gasteiger charge is -2.34. The summed E-state index contributed by atoms with van der Waals surface area (Å²) in [4.78, 5) is 29.3. The molecule has 0 bridgehead atoms. The number of carbonyl (C=O) groups excluding carboxylic acids is 2. The van der Waals surface area contributed by atoms with E-state index in [1.54, 1.807) is 42.5 Å². The summed E-state index contributed by atoms with van der Waals surface area (Å²) in [5.41, 5.74) is -0.552. The van der Waals surface area contributed by atoms with E-state index in [2.05, 4.69) is 5.32 Å². The maximum Gasteiger partial charge on any atom is 0.416 e. The van der Waals surface area contributed by atoms with Crippen LogP contribution in [0.2, 0.25) is 15.1 Å². The van der Waals surface area contributed by atoms with Crippen LogP contribution in [0.15, 0.2) is 102 Å². The van der Waals surface area contributed by atoms with Crippen LogP contribution in [0.4, 0.5) is 18.9 Å². The minimum Gasteiger partial charge on any atom is -0.354 e. The molecule has 4 aromatic rings. The van der Waals surface area contributed by atoms with Crippen molar-refractivity contribution in [1.82, 2.24) is 10.2 Å². The highest BCUT2D eigenvalue weighted by atomic mass is 35.5. The van der Waals surface area contributed by atoms with Gasteiger partial charge in [0.05, 0.1) is 31.2 Å². The maximum absolute atomic E-state index is 14.5. The first kappa shape index (κ1) is 38.0. The molecule has 0 aliphatic heterocycles. The average Bonchev–Trinajstić information content (AvgIpc) is 3.07. The second kappa shape index (κ2) is 16.8. The zero-order valence-electron chi connectivity index (χ0n) is 26.3. The average molecular weight is 755 g/mol. The van der Waals surface area contributed by atoms with Crippen molar-refractivity contribution < 1.29 is 31.2 Å². The van der Waals surface area contributed by atoms with Gasteiger partial charge in [-0.05, 0) is 60.0 Å². The van der Waals surface area contributed by atoms with Crippen LogP contribution in [0.1, 0.15) is 36.5 Å².